The number of carboxylic acids is 1. The number of nitrogens with two attached hydrogens (primary N) is 1. The third kappa shape index (κ3) is 2.97. The molecule has 4 N–H and O–H groups in total. The van der Waals surface area contributed by atoms with E-state index < -0.39 is 5.97 Å². The van der Waals surface area contributed by atoms with Gasteiger partial charge < -0.3 is 15.9 Å². The highest BCUT2D eigenvalue weighted by atomic mass is 16.4. The number of aromatic hydroxyl groups is 1. The Labute approximate surface area is 94.7 Å². The van der Waals surface area contributed by atoms with Crippen LogP contribution in [-0.2, 0) is 0 Å². The van der Waals surface area contributed by atoms with Crippen molar-refractivity contribution in [1.29, 1.82) is 0 Å². The van der Waals surface area contributed by atoms with Crippen molar-refractivity contribution in [3.8, 4) is 5.75 Å². The average Bonchev–Trinajstić information content (AvgIpc) is 2.16. The van der Waals surface area contributed by atoms with Crippen molar-refractivity contribution in [3.05, 3.63) is 29.3 Å². The van der Waals surface area contributed by atoms with Crippen LogP contribution in [0.4, 0.5) is 0 Å². The fraction of sp³-hybridized carbons (Fsp3) is 0.417. The summed E-state index contributed by atoms with van der Waals surface area (Å²) in [7, 11) is 0. The molecule has 0 spiro atoms. The predicted molar refractivity (Wildman–Crippen MR) is 61.4 cm³/mol. The van der Waals surface area contributed by atoms with Gasteiger partial charge in [0.15, 0.2) is 0 Å². The number of phenols is 1. The molecule has 0 saturated carbocycles. The molecule has 0 fully saturated rings. The van der Waals surface area contributed by atoms with Crippen LogP contribution < -0.4 is 5.73 Å². The van der Waals surface area contributed by atoms with E-state index in [1.54, 1.807) is 6.07 Å². The van der Waals surface area contributed by atoms with E-state index in [-0.39, 0.29) is 17.4 Å². The van der Waals surface area contributed by atoms with Crippen LogP contribution in [-0.4, -0.2) is 16.2 Å². The molecule has 1 rings (SSSR count). The molecule has 1 aromatic rings. The Morgan fingerprint density at radius 3 is 2.56 bits per heavy atom. The Hall–Kier alpha value is -1.55. The number of hydrogen-bond acceptors (Lipinski definition) is 3. The van der Waals surface area contributed by atoms with Gasteiger partial charge in [0, 0.05) is 6.04 Å². The fourth-order valence-corrected chi connectivity index (χ4v) is 1.60. The van der Waals surface area contributed by atoms with Gasteiger partial charge in [-0.15, -0.1) is 0 Å². The molecule has 0 aliphatic rings. The second kappa shape index (κ2) is 4.99. The Kier molecular flexibility index (Phi) is 3.90. The molecule has 4 nitrogen and oxygen atoms in total. The lowest BCUT2D eigenvalue weighted by Gasteiger charge is -2.15. The maximum atomic E-state index is 10.8. The molecule has 88 valence electrons. The SMILES string of the molecule is CC(C)C[C@@H](N)c1ccc(O)c(C(=O)O)c1. The molecule has 0 heterocycles. The largest absolute Gasteiger partial charge is 0.507 e. The maximum absolute atomic E-state index is 10.8. The van der Waals surface area contributed by atoms with Gasteiger partial charge in [-0.1, -0.05) is 19.9 Å². The quantitative estimate of drug-likeness (QED) is 0.730. The van der Waals surface area contributed by atoms with E-state index in [0.717, 1.165) is 12.0 Å². The van der Waals surface area contributed by atoms with Gasteiger partial charge in [0.2, 0.25) is 0 Å². The Bertz CT molecular complexity index is 388. The van der Waals surface area contributed by atoms with Crippen LogP contribution >= 0.6 is 0 Å². The van der Waals surface area contributed by atoms with Gasteiger partial charge in [0.05, 0.1) is 0 Å². The zero-order valence-electron chi connectivity index (χ0n) is 9.47. The summed E-state index contributed by atoms with van der Waals surface area (Å²) >= 11 is 0. The molecule has 1 atom stereocenters. The highest BCUT2D eigenvalue weighted by Crippen LogP contribution is 2.24. The van der Waals surface area contributed by atoms with Gasteiger partial charge >= 0.3 is 5.97 Å². The van der Waals surface area contributed by atoms with Crippen LogP contribution in [0.3, 0.4) is 0 Å². The molecule has 16 heavy (non-hydrogen) atoms. The summed E-state index contributed by atoms with van der Waals surface area (Å²) in [5.41, 5.74) is 6.58. The molecule has 0 aromatic heterocycles. The van der Waals surface area contributed by atoms with Crippen LogP contribution in [0.1, 0.15) is 42.2 Å². The summed E-state index contributed by atoms with van der Waals surface area (Å²) in [6.07, 6.45) is 0.782. The van der Waals surface area contributed by atoms with E-state index >= 15 is 0 Å². The smallest absolute Gasteiger partial charge is 0.339 e. The minimum atomic E-state index is -1.14. The number of carboxylic acid groups (broad SMARTS) is 1. The van der Waals surface area contributed by atoms with Crippen molar-refractivity contribution >= 4 is 5.97 Å². The van der Waals surface area contributed by atoms with Crippen molar-refractivity contribution in [2.24, 2.45) is 11.7 Å². The van der Waals surface area contributed by atoms with Gasteiger partial charge in [-0.05, 0) is 30.0 Å². The predicted octanol–water partition coefficient (Wildman–Crippen LogP) is 2.14. The molecule has 0 amide bonds. The third-order valence-corrected chi connectivity index (χ3v) is 2.40. The van der Waals surface area contributed by atoms with Gasteiger partial charge in [0.1, 0.15) is 11.3 Å². The lowest BCUT2D eigenvalue weighted by molar-refractivity contribution is 0.0693. The van der Waals surface area contributed by atoms with E-state index in [1.807, 2.05) is 0 Å². The zero-order valence-corrected chi connectivity index (χ0v) is 9.47. The third-order valence-electron chi connectivity index (χ3n) is 2.40. The molecule has 0 radical (unpaired) electrons. The van der Waals surface area contributed by atoms with E-state index in [4.69, 9.17) is 10.8 Å². The van der Waals surface area contributed by atoms with Crippen molar-refractivity contribution in [3.63, 3.8) is 0 Å². The second-order valence-electron chi connectivity index (χ2n) is 4.32. The first-order chi connectivity index (χ1) is 7.41. The first-order valence-electron chi connectivity index (χ1n) is 5.23. The summed E-state index contributed by atoms with van der Waals surface area (Å²) in [6, 6.07) is 4.28. The summed E-state index contributed by atoms with van der Waals surface area (Å²) in [6.45, 7) is 4.11. The lowest BCUT2D eigenvalue weighted by Crippen LogP contribution is -2.13. The Morgan fingerprint density at radius 1 is 1.44 bits per heavy atom. The Morgan fingerprint density at radius 2 is 2.06 bits per heavy atom. The number of aromatic carboxylic acids is 1. The molecule has 0 unspecified atom stereocenters. The molecule has 0 aliphatic carbocycles. The standard InChI is InChI=1S/C12H17NO3/c1-7(2)5-10(13)8-3-4-11(14)9(6-8)12(15)16/h3-4,6-7,10,14H,5,13H2,1-2H3,(H,15,16)/t10-/m1/s1. The van der Waals surface area contributed by atoms with Crippen LogP contribution in [0.2, 0.25) is 0 Å². The molecule has 1 aromatic carbocycles. The van der Waals surface area contributed by atoms with E-state index in [1.165, 1.54) is 12.1 Å². The molecular formula is C12H17NO3. The van der Waals surface area contributed by atoms with E-state index in [9.17, 15) is 9.90 Å². The molecule has 4 heteroatoms. The van der Waals surface area contributed by atoms with E-state index in [2.05, 4.69) is 13.8 Å². The minimum absolute atomic E-state index is 0.100. The first-order valence-corrected chi connectivity index (χ1v) is 5.23. The average molecular weight is 223 g/mol. The van der Waals surface area contributed by atoms with Crippen LogP contribution in [0, 0.1) is 5.92 Å². The van der Waals surface area contributed by atoms with Crippen LogP contribution in [0.5, 0.6) is 5.75 Å². The number of rotatable bonds is 4. The maximum Gasteiger partial charge on any atom is 0.339 e. The van der Waals surface area contributed by atoms with Crippen molar-refractivity contribution in [2.75, 3.05) is 0 Å². The number of carbonyl (C=O) groups is 1. The van der Waals surface area contributed by atoms with Crippen LogP contribution in [0.15, 0.2) is 18.2 Å². The van der Waals surface area contributed by atoms with Gasteiger partial charge in [0.25, 0.3) is 0 Å². The number of hydrogen-bond donors (Lipinski definition) is 3. The minimum Gasteiger partial charge on any atom is -0.507 e. The monoisotopic (exact) mass is 223 g/mol. The molecule has 0 saturated heterocycles. The van der Waals surface area contributed by atoms with Crippen molar-refractivity contribution in [1.82, 2.24) is 0 Å². The highest BCUT2D eigenvalue weighted by Gasteiger charge is 2.14. The molecular weight excluding hydrogens is 206 g/mol. The fourth-order valence-electron chi connectivity index (χ4n) is 1.60. The highest BCUT2D eigenvalue weighted by molar-refractivity contribution is 5.90. The normalized spacial score (nSPS) is 12.8. The summed E-state index contributed by atoms with van der Waals surface area (Å²) < 4.78 is 0. The van der Waals surface area contributed by atoms with Crippen LogP contribution in [0.25, 0.3) is 0 Å². The van der Waals surface area contributed by atoms with Gasteiger partial charge in [-0.3, -0.25) is 0 Å². The summed E-state index contributed by atoms with van der Waals surface area (Å²) in [5, 5.41) is 18.2. The topological polar surface area (TPSA) is 83.5 Å². The van der Waals surface area contributed by atoms with Gasteiger partial charge in [-0.25, -0.2) is 4.79 Å². The molecule has 0 aliphatic heterocycles. The summed E-state index contributed by atoms with van der Waals surface area (Å²) in [4.78, 5) is 10.8. The lowest BCUT2D eigenvalue weighted by atomic mass is 9.96. The van der Waals surface area contributed by atoms with E-state index in [0.29, 0.717) is 5.92 Å². The second-order valence-corrected chi connectivity index (χ2v) is 4.32. The van der Waals surface area contributed by atoms with Crippen molar-refractivity contribution < 1.29 is 15.0 Å². The van der Waals surface area contributed by atoms with Crippen molar-refractivity contribution in [2.45, 2.75) is 26.3 Å². The van der Waals surface area contributed by atoms with Gasteiger partial charge in [-0.2, -0.15) is 0 Å². The molecule has 0 bridgehead atoms. The Balaban J connectivity index is 2.98. The summed E-state index contributed by atoms with van der Waals surface area (Å²) in [5.74, 6) is -0.929. The number of benzene rings is 1. The first kappa shape index (κ1) is 12.5. The zero-order chi connectivity index (χ0) is 12.3.